The monoisotopic (exact) mass is 236 g/mol. The van der Waals surface area contributed by atoms with Crippen LogP contribution in [0.5, 0.6) is 0 Å². The van der Waals surface area contributed by atoms with E-state index in [0.717, 1.165) is 19.4 Å². The van der Waals surface area contributed by atoms with Gasteiger partial charge in [0.25, 0.3) is 5.91 Å². The van der Waals surface area contributed by atoms with Gasteiger partial charge in [-0.1, -0.05) is 0 Å². The summed E-state index contributed by atoms with van der Waals surface area (Å²) in [6.07, 6.45) is 3.60. The Hall–Kier alpha value is -1.62. The van der Waals surface area contributed by atoms with Crippen LogP contribution >= 0.6 is 0 Å². The maximum absolute atomic E-state index is 11.7. The van der Waals surface area contributed by atoms with Gasteiger partial charge in [0, 0.05) is 12.7 Å². The van der Waals surface area contributed by atoms with E-state index >= 15 is 0 Å². The molecule has 94 valence electrons. The van der Waals surface area contributed by atoms with Crippen LogP contribution in [0.1, 0.15) is 23.2 Å². The van der Waals surface area contributed by atoms with Crippen molar-refractivity contribution < 1.29 is 4.79 Å². The molecule has 0 aliphatic rings. The van der Waals surface area contributed by atoms with Crippen molar-refractivity contribution in [2.75, 3.05) is 32.9 Å². The molecule has 0 saturated carbocycles. The highest BCUT2D eigenvalue weighted by atomic mass is 16.1. The number of carbonyl (C=O) groups is 1. The molecule has 0 atom stereocenters. The summed E-state index contributed by atoms with van der Waals surface area (Å²) < 4.78 is 0. The second kappa shape index (κ2) is 6.85. The van der Waals surface area contributed by atoms with E-state index in [1.54, 1.807) is 18.3 Å². The van der Waals surface area contributed by atoms with Crippen molar-refractivity contribution >= 4 is 11.7 Å². The molecule has 5 heteroatoms. The van der Waals surface area contributed by atoms with E-state index in [-0.39, 0.29) is 11.7 Å². The number of nitrogen functional groups attached to an aromatic ring is 1. The lowest BCUT2D eigenvalue weighted by molar-refractivity contribution is 0.0953. The van der Waals surface area contributed by atoms with Gasteiger partial charge in [0.05, 0.1) is 5.56 Å². The Bertz CT molecular complexity index is 365. The quantitative estimate of drug-likeness (QED) is 0.714. The van der Waals surface area contributed by atoms with E-state index in [9.17, 15) is 4.79 Å². The third-order valence-electron chi connectivity index (χ3n) is 2.40. The largest absolute Gasteiger partial charge is 0.383 e. The fourth-order valence-corrected chi connectivity index (χ4v) is 1.46. The number of nitrogens with one attached hydrogen (secondary N) is 1. The average molecular weight is 236 g/mol. The first-order chi connectivity index (χ1) is 8.11. The highest BCUT2D eigenvalue weighted by molar-refractivity contribution is 5.98. The van der Waals surface area contributed by atoms with Crippen molar-refractivity contribution in [3.63, 3.8) is 0 Å². The van der Waals surface area contributed by atoms with Crippen LogP contribution in [0, 0.1) is 0 Å². The predicted molar refractivity (Wildman–Crippen MR) is 68.8 cm³/mol. The molecule has 0 saturated heterocycles. The Balaban J connectivity index is 2.29. The summed E-state index contributed by atoms with van der Waals surface area (Å²) in [5.41, 5.74) is 6.06. The van der Waals surface area contributed by atoms with E-state index in [1.807, 2.05) is 14.1 Å². The van der Waals surface area contributed by atoms with Crippen molar-refractivity contribution in [1.29, 1.82) is 0 Å². The highest BCUT2D eigenvalue weighted by Crippen LogP contribution is 2.06. The second-order valence-corrected chi connectivity index (χ2v) is 4.20. The number of nitrogens with two attached hydrogens (primary N) is 1. The van der Waals surface area contributed by atoms with Gasteiger partial charge in [0.2, 0.25) is 0 Å². The molecular formula is C12H20N4O. The number of carbonyl (C=O) groups excluding carboxylic acids is 1. The van der Waals surface area contributed by atoms with Gasteiger partial charge in [-0.05, 0) is 45.6 Å². The normalized spacial score (nSPS) is 10.5. The molecular weight excluding hydrogens is 216 g/mol. The van der Waals surface area contributed by atoms with E-state index in [2.05, 4.69) is 15.2 Å². The fourth-order valence-electron chi connectivity index (χ4n) is 1.46. The van der Waals surface area contributed by atoms with Gasteiger partial charge in [-0.3, -0.25) is 4.79 Å². The van der Waals surface area contributed by atoms with Crippen LogP contribution in [0.25, 0.3) is 0 Å². The van der Waals surface area contributed by atoms with Crippen LogP contribution < -0.4 is 11.1 Å². The predicted octanol–water partition coefficient (Wildman–Crippen LogP) is 0.735. The first kappa shape index (κ1) is 13.4. The molecule has 1 heterocycles. The zero-order valence-electron chi connectivity index (χ0n) is 10.4. The summed E-state index contributed by atoms with van der Waals surface area (Å²) in [4.78, 5) is 17.7. The molecule has 0 spiro atoms. The third kappa shape index (κ3) is 4.82. The number of unbranched alkanes of at least 4 members (excludes halogenated alkanes) is 1. The molecule has 1 aromatic heterocycles. The van der Waals surface area contributed by atoms with Crippen molar-refractivity contribution in [1.82, 2.24) is 15.2 Å². The van der Waals surface area contributed by atoms with Gasteiger partial charge in [-0.25, -0.2) is 4.98 Å². The molecule has 1 aromatic rings. The third-order valence-corrected chi connectivity index (χ3v) is 2.40. The lowest BCUT2D eigenvalue weighted by Crippen LogP contribution is -2.26. The number of nitrogens with zero attached hydrogens (tertiary/aromatic N) is 2. The van der Waals surface area contributed by atoms with Crippen LogP contribution in [0.3, 0.4) is 0 Å². The minimum absolute atomic E-state index is 0.152. The minimum Gasteiger partial charge on any atom is -0.383 e. The van der Waals surface area contributed by atoms with Crippen molar-refractivity contribution in [2.45, 2.75) is 12.8 Å². The van der Waals surface area contributed by atoms with Crippen LogP contribution in [-0.2, 0) is 0 Å². The number of hydrogen-bond donors (Lipinski definition) is 2. The number of aromatic nitrogens is 1. The van der Waals surface area contributed by atoms with Gasteiger partial charge in [-0.15, -0.1) is 0 Å². The zero-order chi connectivity index (χ0) is 12.7. The van der Waals surface area contributed by atoms with Crippen molar-refractivity contribution in [3.05, 3.63) is 23.9 Å². The van der Waals surface area contributed by atoms with Gasteiger partial charge in [-0.2, -0.15) is 0 Å². The van der Waals surface area contributed by atoms with Crippen LogP contribution in [-0.4, -0.2) is 43.0 Å². The van der Waals surface area contributed by atoms with Crippen LogP contribution in [0.15, 0.2) is 18.3 Å². The fraction of sp³-hybridized carbons (Fsp3) is 0.500. The molecule has 0 fully saturated rings. The van der Waals surface area contributed by atoms with Gasteiger partial charge in [0.1, 0.15) is 5.82 Å². The molecule has 0 aromatic carbocycles. The molecule has 0 aliphatic heterocycles. The highest BCUT2D eigenvalue weighted by Gasteiger charge is 2.08. The minimum atomic E-state index is -0.152. The van der Waals surface area contributed by atoms with E-state index in [0.29, 0.717) is 12.1 Å². The summed E-state index contributed by atoms with van der Waals surface area (Å²) in [7, 11) is 4.07. The van der Waals surface area contributed by atoms with Gasteiger partial charge < -0.3 is 16.0 Å². The first-order valence-electron chi connectivity index (χ1n) is 5.74. The lowest BCUT2D eigenvalue weighted by atomic mass is 10.2. The molecule has 17 heavy (non-hydrogen) atoms. The van der Waals surface area contributed by atoms with Crippen molar-refractivity contribution in [3.8, 4) is 0 Å². The summed E-state index contributed by atoms with van der Waals surface area (Å²) >= 11 is 0. The maximum Gasteiger partial charge on any atom is 0.255 e. The maximum atomic E-state index is 11.7. The number of hydrogen-bond acceptors (Lipinski definition) is 4. The number of anilines is 1. The smallest absolute Gasteiger partial charge is 0.255 e. The van der Waals surface area contributed by atoms with Crippen LogP contribution in [0.4, 0.5) is 5.82 Å². The van der Waals surface area contributed by atoms with Gasteiger partial charge >= 0.3 is 0 Å². The standard InChI is InChI=1S/C12H20N4O/c1-16(2)9-4-3-7-15-12(17)10-6-5-8-14-11(10)13/h5-6,8H,3-4,7,9H2,1-2H3,(H2,13,14)(H,15,17). The van der Waals surface area contributed by atoms with Crippen LogP contribution in [0.2, 0.25) is 0 Å². The first-order valence-corrected chi connectivity index (χ1v) is 5.74. The van der Waals surface area contributed by atoms with Gasteiger partial charge in [0.15, 0.2) is 0 Å². The molecule has 0 unspecified atom stereocenters. The molecule has 3 N–H and O–H groups in total. The van der Waals surface area contributed by atoms with E-state index < -0.39 is 0 Å². The summed E-state index contributed by atoms with van der Waals surface area (Å²) in [5.74, 6) is 0.124. The van der Waals surface area contributed by atoms with E-state index in [4.69, 9.17) is 5.73 Å². The summed E-state index contributed by atoms with van der Waals surface area (Å²) in [5, 5.41) is 2.84. The van der Waals surface area contributed by atoms with E-state index in [1.165, 1.54) is 0 Å². The average Bonchev–Trinajstić information content (AvgIpc) is 2.28. The summed E-state index contributed by atoms with van der Waals surface area (Å²) in [6, 6.07) is 3.38. The molecule has 1 amide bonds. The Morgan fingerprint density at radius 1 is 1.47 bits per heavy atom. The Morgan fingerprint density at radius 2 is 2.24 bits per heavy atom. The topological polar surface area (TPSA) is 71.2 Å². The SMILES string of the molecule is CN(C)CCCCNC(=O)c1cccnc1N. The molecule has 0 bridgehead atoms. The number of pyridine rings is 1. The second-order valence-electron chi connectivity index (χ2n) is 4.20. The zero-order valence-corrected chi connectivity index (χ0v) is 10.4. The number of amides is 1. The molecule has 0 radical (unpaired) electrons. The summed E-state index contributed by atoms with van der Waals surface area (Å²) in [6.45, 7) is 1.70. The molecule has 0 aliphatic carbocycles. The molecule has 1 rings (SSSR count). The lowest BCUT2D eigenvalue weighted by Gasteiger charge is -2.09. The number of rotatable bonds is 6. The Labute approximate surface area is 102 Å². The van der Waals surface area contributed by atoms with Crippen molar-refractivity contribution in [2.24, 2.45) is 0 Å². The Kier molecular flexibility index (Phi) is 5.42. The molecule has 5 nitrogen and oxygen atoms in total. The Morgan fingerprint density at radius 3 is 2.88 bits per heavy atom.